The van der Waals surface area contributed by atoms with Crippen LogP contribution in [0, 0.1) is 0 Å². The second-order valence-electron chi connectivity index (χ2n) is 6.99. The first-order chi connectivity index (χ1) is 13.5. The highest BCUT2D eigenvalue weighted by Crippen LogP contribution is 2.08. The number of hydrogen-bond donors (Lipinski definition) is 0. The van der Waals surface area contributed by atoms with E-state index in [1.54, 1.807) is 18.2 Å². The highest BCUT2D eigenvalue weighted by molar-refractivity contribution is 5.77. The molecule has 0 bridgehead atoms. The van der Waals surface area contributed by atoms with Gasteiger partial charge in [-0.05, 0) is 31.8 Å². The number of carbonyl (C=O) groups is 1. The number of benzene rings is 2. The van der Waals surface area contributed by atoms with Gasteiger partial charge in [0.05, 0.1) is 11.9 Å². The van der Waals surface area contributed by atoms with Gasteiger partial charge in [-0.25, -0.2) is 4.68 Å². The fourth-order valence-electron chi connectivity index (χ4n) is 2.95. The standard InChI is InChI=1S/C21H25N5O2/c1-24(2)14-15-25(16-17-8-4-3-5-9-17)20(27)12-13-26-21(28)18-10-6-7-11-19(18)22-23-26/h3-11H,12-16H2,1-2H3. The van der Waals surface area contributed by atoms with E-state index in [1.165, 1.54) is 4.68 Å². The van der Waals surface area contributed by atoms with Gasteiger partial charge in [-0.1, -0.05) is 47.7 Å². The van der Waals surface area contributed by atoms with Crippen LogP contribution < -0.4 is 5.56 Å². The average molecular weight is 379 g/mol. The van der Waals surface area contributed by atoms with E-state index in [0.29, 0.717) is 24.0 Å². The molecule has 7 nitrogen and oxygen atoms in total. The van der Waals surface area contributed by atoms with Gasteiger partial charge in [0.2, 0.25) is 5.91 Å². The normalized spacial score (nSPS) is 11.1. The highest BCUT2D eigenvalue weighted by Gasteiger charge is 2.15. The molecular formula is C21H25N5O2. The molecule has 0 N–H and O–H groups in total. The van der Waals surface area contributed by atoms with Gasteiger partial charge in [-0.3, -0.25) is 9.59 Å². The van der Waals surface area contributed by atoms with E-state index >= 15 is 0 Å². The van der Waals surface area contributed by atoms with Crippen molar-refractivity contribution in [1.29, 1.82) is 0 Å². The van der Waals surface area contributed by atoms with E-state index in [-0.39, 0.29) is 24.4 Å². The monoisotopic (exact) mass is 379 g/mol. The Balaban J connectivity index is 1.70. The maximum atomic E-state index is 12.9. The third kappa shape index (κ3) is 5.01. The van der Waals surface area contributed by atoms with Gasteiger partial charge in [-0.15, -0.1) is 5.10 Å². The SMILES string of the molecule is CN(C)CCN(Cc1ccccc1)C(=O)CCn1nnc2ccccc2c1=O. The number of amides is 1. The van der Waals surface area contributed by atoms with Crippen LogP contribution >= 0.6 is 0 Å². The number of rotatable bonds is 8. The van der Waals surface area contributed by atoms with Crippen molar-refractivity contribution in [3.8, 4) is 0 Å². The van der Waals surface area contributed by atoms with Crippen LogP contribution in [-0.2, 0) is 17.9 Å². The van der Waals surface area contributed by atoms with Gasteiger partial charge in [-0.2, -0.15) is 0 Å². The molecule has 1 heterocycles. The number of fused-ring (bicyclic) bond motifs is 1. The molecule has 0 fully saturated rings. The first-order valence-corrected chi connectivity index (χ1v) is 9.33. The Kier molecular flexibility index (Phi) is 6.49. The minimum atomic E-state index is -0.221. The summed E-state index contributed by atoms with van der Waals surface area (Å²) < 4.78 is 1.27. The van der Waals surface area contributed by atoms with Crippen LogP contribution in [0.1, 0.15) is 12.0 Å². The van der Waals surface area contributed by atoms with Gasteiger partial charge in [0.1, 0.15) is 5.52 Å². The topological polar surface area (TPSA) is 71.3 Å². The molecule has 1 aromatic heterocycles. The minimum Gasteiger partial charge on any atom is -0.337 e. The lowest BCUT2D eigenvalue weighted by atomic mass is 10.2. The van der Waals surface area contributed by atoms with E-state index in [1.807, 2.05) is 60.3 Å². The Labute approximate surface area is 164 Å². The predicted octanol–water partition coefficient (Wildman–Crippen LogP) is 1.77. The summed E-state index contributed by atoms with van der Waals surface area (Å²) in [6.45, 7) is 2.15. The number of aromatic nitrogens is 3. The Bertz CT molecular complexity index is 985. The minimum absolute atomic E-state index is 0.00689. The van der Waals surface area contributed by atoms with Crippen molar-refractivity contribution >= 4 is 16.8 Å². The number of aryl methyl sites for hydroxylation is 1. The summed E-state index contributed by atoms with van der Waals surface area (Å²) in [7, 11) is 3.96. The smallest absolute Gasteiger partial charge is 0.277 e. The van der Waals surface area contributed by atoms with Crippen LogP contribution in [0.4, 0.5) is 0 Å². The maximum absolute atomic E-state index is 12.9. The van der Waals surface area contributed by atoms with Crippen molar-refractivity contribution in [2.75, 3.05) is 27.2 Å². The maximum Gasteiger partial charge on any atom is 0.277 e. The number of nitrogens with zero attached hydrogens (tertiary/aromatic N) is 5. The highest BCUT2D eigenvalue weighted by atomic mass is 16.2. The van der Waals surface area contributed by atoms with E-state index < -0.39 is 0 Å². The largest absolute Gasteiger partial charge is 0.337 e. The number of likely N-dealkylation sites (N-methyl/N-ethyl adjacent to an activating group) is 1. The summed E-state index contributed by atoms with van der Waals surface area (Å²) in [6.07, 6.45) is 0.202. The molecule has 0 saturated carbocycles. The van der Waals surface area contributed by atoms with Crippen LogP contribution in [0.2, 0.25) is 0 Å². The quantitative estimate of drug-likeness (QED) is 0.597. The first-order valence-electron chi connectivity index (χ1n) is 9.33. The fourth-order valence-corrected chi connectivity index (χ4v) is 2.95. The summed E-state index contributed by atoms with van der Waals surface area (Å²) in [5, 5.41) is 8.56. The van der Waals surface area contributed by atoms with Gasteiger partial charge in [0.25, 0.3) is 5.56 Å². The molecule has 0 aliphatic rings. The van der Waals surface area contributed by atoms with Gasteiger partial charge >= 0.3 is 0 Å². The lowest BCUT2D eigenvalue weighted by molar-refractivity contribution is -0.132. The second kappa shape index (κ2) is 9.23. The van der Waals surface area contributed by atoms with Crippen LogP contribution in [0.5, 0.6) is 0 Å². The Morgan fingerprint density at radius 2 is 1.71 bits per heavy atom. The van der Waals surface area contributed by atoms with E-state index in [0.717, 1.165) is 12.1 Å². The summed E-state index contributed by atoms with van der Waals surface area (Å²) in [5.74, 6) is -0.00689. The Morgan fingerprint density at radius 3 is 2.46 bits per heavy atom. The Hall–Kier alpha value is -3.06. The van der Waals surface area contributed by atoms with Crippen molar-refractivity contribution < 1.29 is 4.79 Å². The molecule has 0 saturated heterocycles. The van der Waals surface area contributed by atoms with Crippen LogP contribution in [0.15, 0.2) is 59.4 Å². The molecule has 0 unspecified atom stereocenters. The Morgan fingerprint density at radius 1 is 1.00 bits per heavy atom. The molecule has 2 aromatic carbocycles. The molecule has 3 rings (SSSR count). The third-order valence-electron chi connectivity index (χ3n) is 4.55. The zero-order valence-corrected chi connectivity index (χ0v) is 16.3. The summed E-state index contributed by atoms with van der Waals surface area (Å²) in [6, 6.07) is 17.0. The number of hydrogen-bond acceptors (Lipinski definition) is 5. The van der Waals surface area contributed by atoms with Crippen LogP contribution in [0.3, 0.4) is 0 Å². The van der Waals surface area contributed by atoms with Gasteiger partial charge in [0, 0.05) is 26.1 Å². The molecular weight excluding hydrogens is 354 g/mol. The van der Waals surface area contributed by atoms with Crippen molar-refractivity contribution in [2.45, 2.75) is 19.5 Å². The van der Waals surface area contributed by atoms with E-state index in [9.17, 15) is 9.59 Å². The molecule has 7 heteroatoms. The summed E-state index contributed by atoms with van der Waals surface area (Å²) >= 11 is 0. The lowest BCUT2D eigenvalue weighted by Gasteiger charge is -2.24. The lowest BCUT2D eigenvalue weighted by Crippen LogP contribution is -2.37. The molecule has 1 amide bonds. The van der Waals surface area contributed by atoms with Crippen molar-refractivity contribution in [3.05, 3.63) is 70.5 Å². The zero-order valence-electron chi connectivity index (χ0n) is 16.3. The van der Waals surface area contributed by atoms with Crippen molar-refractivity contribution in [1.82, 2.24) is 24.8 Å². The second-order valence-corrected chi connectivity index (χ2v) is 6.99. The number of carbonyl (C=O) groups excluding carboxylic acids is 1. The predicted molar refractivity (Wildman–Crippen MR) is 109 cm³/mol. The molecule has 0 aliphatic carbocycles. The molecule has 0 aliphatic heterocycles. The van der Waals surface area contributed by atoms with Crippen LogP contribution in [0.25, 0.3) is 10.9 Å². The average Bonchev–Trinajstić information content (AvgIpc) is 2.71. The molecule has 3 aromatic rings. The summed E-state index contributed by atoms with van der Waals surface area (Å²) in [4.78, 5) is 29.3. The zero-order chi connectivity index (χ0) is 19.9. The first kappa shape index (κ1) is 19.7. The van der Waals surface area contributed by atoms with Crippen molar-refractivity contribution in [2.24, 2.45) is 0 Å². The van der Waals surface area contributed by atoms with Gasteiger partial charge < -0.3 is 9.80 Å². The van der Waals surface area contributed by atoms with Crippen LogP contribution in [-0.4, -0.2) is 57.9 Å². The van der Waals surface area contributed by atoms with Gasteiger partial charge in [0.15, 0.2) is 0 Å². The molecule has 0 spiro atoms. The van der Waals surface area contributed by atoms with E-state index in [2.05, 4.69) is 10.3 Å². The van der Waals surface area contributed by atoms with Crippen molar-refractivity contribution in [3.63, 3.8) is 0 Å². The molecule has 28 heavy (non-hydrogen) atoms. The molecule has 146 valence electrons. The van der Waals surface area contributed by atoms with E-state index in [4.69, 9.17) is 0 Å². The summed E-state index contributed by atoms with van der Waals surface area (Å²) in [5.41, 5.74) is 1.42. The fraction of sp³-hybridized carbons (Fsp3) is 0.333. The molecule has 0 radical (unpaired) electrons. The third-order valence-corrected chi connectivity index (χ3v) is 4.55. The molecule has 0 atom stereocenters.